The molecule has 0 unspecified atom stereocenters. The van der Waals surface area contributed by atoms with Crippen LogP contribution in [0.4, 0.5) is 0 Å². The number of nitrogens with one attached hydrogen (secondary N) is 1. The van der Waals surface area contributed by atoms with E-state index in [1.165, 1.54) is 19.9 Å². The van der Waals surface area contributed by atoms with Crippen LogP contribution in [-0.4, -0.2) is 23.8 Å². The molecule has 5 nitrogen and oxygen atoms in total. The number of halogens is 1. The summed E-state index contributed by atoms with van der Waals surface area (Å²) in [6.45, 7) is 3.23. The summed E-state index contributed by atoms with van der Waals surface area (Å²) in [5.41, 5.74) is 0.885. The van der Waals surface area contributed by atoms with E-state index < -0.39 is 18.0 Å². The lowest BCUT2D eigenvalue weighted by molar-refractivity contribution is -0.129. The summed E-state index contributed by atoms with van der Waals surface area (Å²) in [5.74, 6) is -1.14. The fraction of sp³-hybridized carbons (Fsp3) is 0.235. The van der Waals surface area contributed by atoms with E-state index in [2.05, 4.69) is 5.32 Å². The SMILES string of the molecule is CC(=O)c1ccc(C(=O)O[C@H](C)C(=O)NCc2ccc(Cl)cc2)s1. The van der Waals surface area contributed by atoms with E-state index in [1.807, 2.05) is 0 Å². The minimum atomic E-state index is -0.937. The zero-order chi connectivity index (χ0) is 17.7. The second-order valence-electron chi connectivity index (χ2n) is 5.11. The Morgan fingerprint density at radius 3 is 2.33 bits per heavy atom. The number of Topliss-reactive ketones (excluding diaryl/α,β-unsaturated/α-hetero) is 1. The van der Waals surface area contributed by atoms with Gasteiger partial charge in [-0.25, -0.2) is 4.79 Å². The average Bonchev–Trinajstić information content (AvgIpc) is 3.04. The van der Waals surface area contributed by atoms with Crippen LogP contribution in [0.2, 0.25) is 5.02 Å². The molecule has 0 saturated carbocycles. The molecule has 1 atom stereocenters. The highest BCUT2D eigenvalue weighted by Crippen LogP contribution is 2.18. The minimum absolute atomic E-state index is 0.118. The summed E-state index contributed by atoms with van der Waals surface area (Å²) in [6.07, 6.45) is -0.937. The quantitative estimate of drug-likeness (QED) is 0.628. The summed E-state index contributed by atoms with van der Waals surface area (Å²) in [6, 6.07) is 10.1. The molecule has 0 radical (unpaired) electrons. The highest BCUT2D eigenvalue weighted by atomic mass is 35.5. The molecule has 0 fully saturated rings. The van der Waals surface area contributed by atoms with E-state index in [0.717, 1.165) is 16.9 Å². The van der Waals surface area contributed by atoms with Crippen LogP contribution >= 0.6 is 22.9 Å². The van der Waals surface area contributed by atoms with Gasteiger partial charge in [-0.05, 0) is 43.7 Å². The molecular formula is C17H16ClNO4S. The van der Waals surface area contributed by atoms with Gasteiger partial charge in [-0.1, -0.05) is 23.7 Å². The molecule has 1 amide bonds. The molecule has 1 aromatic carbocycles. The van der Waals surface area contributed by atoms with Crippen LogP contribution < -0.4 is 5.32 Å². The van der Waals surface area contributed by atoms with Gasteiger partial charge in [0.15, 0.2) is 11.9 Å². The highest BCUT2D eigenvalue weighted by molar-refractivity contribution is 7.15. The van der Waals surface area contributed by atoms with Crippen molar-refractivity contribution in [2.24, 2.45) is 0 Å². The number of carbonyl (C=O) groups is 3. The van der Waals surface area contributed by atoms with Crippen LogP contribution in [0.5, 0.6) is 0 Å². The maximum Gasteiger partial charge on any atom is 0.349 e. The molecule has 0 bridgehead atoms. The number of carbonyl (C=O) groups excluding carboxylic acids is 3. The second kappa shape index (κ2) is 8.08. The fourth-order valence-electron chi connectivity index (χ4n) is 1.84. The van der Waals surface area contributed by atoms with Gasteiger partial charge in [-0.3, -0.25) is 9.59 Å². The zero-order valence-corrected chi connectivity index (χ0v) is 14.7. The maximum absolute atomic E-state index is 12.0. The van der Waals surface area contributed by atoms with Crippen LogP contribution in [-0.2, 0) is 16.1 Å². The molecule has 1 aromatic heterocycles. The Balaban J connectivity index is 1.87. The molecule has 0 aliphatic heterocycles. The largest absolute Gasteiger partial charge is 0.448 e. The Morgan fingerprint density at radius 2 is 1.75 bits per heavy atom. The van der Waals surface area contributed by atoms with E-state index in [9.17, 15) is 14.4 Å². The van der Waals surface area contributed by atoms with Crippen molar-refractivity contribution in [1.82, 2.24) is 5.32 Å². The highest BCUT2D eigenvalue weighted by Gasteiger charge is 2.20. The lowest BCUT2D eigenvalue weighted by atomic mass is 10.2. The Kier molecular flexibility index (Phi) is 6.11. The molecule has 24 heavy (non-hydrogen) atoms. The minimum Gasteiger partial charge on any atom is -0.448 e. The molecule has 0 spiro atoms. The number of esters is 1. The van der Waals surface area contributed by atoms with Crippen molar-refractivity contribution in [3.05, 3.63) is 56.7 Å². The second-order valence-corrected chi connectivity index (χ2v) is 6.63. The molecular weight excluding hydrogens is 350 g/mol. The number of thiophene rings is 1. The predicted octanol–water partition coefficient (Wildman–Crippen LogP) is 3.47. The first-order valence-corrected chi connectivity index (χ1v) is 8.40. The fourth-order valence-corrected chi connectivity index (χ4v) is 2.75. The van der Waals surface area contributed by atoms with Crippen LogP contribution in [0.25, 0.3) is 0 Å². The number of benzene rings is 1. The first kappa shape index (κ1) is 18.2. The first-order valence-electron chi connectivity index (χ1n) is 7.20. The molecule has 2 aromatic rings. The lowest BCUT2D eigenvalue weighted by Crippen LogP contribution is -2.35. The van der Waals surface area contributed by atoms with Gasteiger partial charge in [-0.2, -0.15) is 0 Å². The molecule has 0 aliphatic rings. The van der Waals surface area contributed by atoms with E-state index in [-0.39, 0.29) is 10.7 Å². The third-order valence-electron chi connectivity index (χ3n) is 3.19. The van der Waals surface area contributed by atoms with Crippen molar-refractivity contribution in [2.45, 2.75) is 26.5 Å². The normalized spacial score (nSPS) is 11.6. The average molecular weight is 366 g/mol. The number of ether oxygens (including phenoxy) is 1. The van der Waals surface area contributed by atoms with Crippen molar-refractivity contribution < 1.29 is 19.1 Å². The van der Waals surface area contributed by atoms with E-state index in [0.29, 0.717) is 16.4 Å². The van der Waals surface area contributed by atoms with E-state index in [1.54, 1.807) is 30.3 Å². The van der Waals surface area contributed by atoms with Gasteiger partial charge in [-0.15, -0.1) is 11.3 Å². The van der Waals surface area contributed by atoms with Crippen molar-refractivity contribution in [3.63, 3.8) is 0 Å². The van der Waals surface area contributed by atoms with E-state index in [4.69, 9.17) is 16.3 Å². The molecule has 7 heteroatoms. The van der Waals surface area contributed by atoms with Crippen molar-refractivity contribution in [2.75, 3.05) is 0 Å². The summed E-state index contributed by atoms with van der Waals surface area (Å²) in [5, 5.41) is 3.31. The van der Waals surface area contributed by atoms with Gasteiger partial charge in [0.1, 0.15) is 4.88 Å². The number of hydrogen-bond donors (Lipinski definition) is 1. The van der Waals surface area contributed by atoms with Crippen molar-refractivity contribution >= 4 is 40.6 Å². The predicted molar refractivity (Wildman–Crippen MR) is 92.5 cm³/mol. The smallest absolute Gasteiger partial charge is 0.349 e. The standard InChI is InChI=1S/C17H16ClNO4S/c1-10(20)14-7-8-15(24-14)17(22)23-11(2)16(21)19-9-12-3-5-13(18)6-4-12/h3-8,11H,9H2,1-2H3,(H,19,21)/t11-/m1/s1. The molecule has 1 N–H and O–H groups in total. The maximum atomic E-state index is 12.0. The van der Waals surface area contributed by atoms with Crippen LogP contribution in [0.15, 0.2) is 36.4 Å². The molecule has 1 heterocycles. The first-order chi connectivity index (χ1) is 11.4. The van der Waals surface area contributed by atoms with Gasteiger partial charge in [0.05, 0.1) is 4.88 Å². The summed E-state index contributed by atoms with van der Waals surface area (Å²) in [4.78, 5) is 36.0. The Morgan fingerprint density at radius 1 is 1.12 bits per heavy atom. The zero-order valence-electron chi connectivity index (χ0n) is 13.2. The summed E-state index contributed by atoms with van der Waals surface area (Å²) in [7, 11) is 0. The Hall–Kier alpha value is -2.18. The van der Waals surface area contributed by atoms with E-state index >= 15 is 0 Å². The van der Waals surface area contributed by atoms with Gasteiger partial charge < -0.3 is 10.1 Å². The third kappa shape index (κ3) is 4.91. The Bertz CT molecular complexity index is 754. The van der Waals surface area contributed by atoms with Crippen LogP contribution in [0.1, 0.15) is 38.8 Å². The summed E-state index contributed by atoms with van der Waals surface area (Å²) >= 11 is 6.84. The molecule has 126 valence electrons. The lowest BCUT2D eigenvalue weighted by Gasteiger charge is -2.13. The van der Waals surface area contributed by atoms with Gasteiger partial charge in [0.2, 0.25) is 0 Å². The van der Waals surface area contributed by atoms with Gasteiger partial charge in [0, 0.05) is 11.6 Å². The number of ketones is 1. The van der Waals surface area contributed by atoms with Crippen molar-refractivity contribution in [1.29, 1.82) is 0 Å². The van der Waals surface area contributed by atoms with Gasteiger partial charge in [0.25, 0.3) is 5.91 Å². The third-order valence-corrected chi connectivity index (χ3v) is 4.61. The van der Waals surface area contributed by atoms with Crippen molar-refractivity contribution in [3.8, 4) is 0 Å². The molecule has 0 aliphatic carbocycles. The number of hydrogen-bond acceptors (Lipinski definition) is 5. The molecule has 2 rings (SSSR count). The summed E-state index contributed by atoms with van der Waals surface area (Å²) < 4.78 is 5.13. The van der Waals surface area contributed by atoms with Crippen LogP contribution in [0.3, 0.4) is 0 Å². The van der Waals surface area contributed by atoms with Gasteiger partial charge >= 0.3 is 5.97 Å². The Labute approximate surface area is 148 Å². The molecule has 0 saturated heterocycles. The van der Waals surface area contributed by atoms with Crippen LogP contribution in [0, 0.1) is 0 Å². The topological polar surface area (TPSA) is 72.5 Å². The number of rotatable bonds is 6. The monoisotopic (exact) mass is 365 g/mol. The number of amides is 1.